The summed E-state index contributed by atoms with van der Waals surface area (Å²) >= 11 is 0. The van der Waals surface area contributed by atoms with Gasteiger partial charge in [-0.05, 0) is 37.3 Å². The van der Waals surface area contributed by atoms with Crippen LogP contribution in [0.1, 0.15) is 38.8 Å². The van der Waals surface area contributed by atoms with Crippen LogP contribution in [0.4, 0.5) is 0 Å². The van der Waals surface area contributed by atoms with Crippen molar-refractivity contribution in [3.8, 4) is 0 Å². The van der Waals surface area contributed by atoms with Crippen LogP contribution in [0.15, 0.2) is 24.3 Å². The van der Waals surface area contributed by atoms with Gasteiger partial charge in [0.2, 0.25) is 0 Å². The number of hydrogen-bond donors (Lipinski definition) is 0. The molecule has 0 aliphatic carbocycles. The van der Waals surface area contributed by atoms with E-state index in [2.05, 4.69) is 56.9 Å². The Balaban J connectivity index is 2.29. The minimum atomic E-state index is 0.640. The van der Waals surface area contributed by atoms with Crippen LogP contribution in [0.3, 0.4) is 0 Å². The van der Waals surface area contributed by atoms with Gasteiger partial charge in [0.25, 0.3) is 0 Å². The first-order valence-electron chi connectivity index (χ1n) is 6.42. The highest BCUT2D eigenvalue weighted by Crippen LogP contribution is 2.28. The summed E-state index contributed by atoms with van der Waals surface area (Å²) in [5.74, 6) is 0.732. The molecule has 0 saturated carbocycles. The molecule has 1 nitrogen and oxygen atoms in total. The fraction of sp³-hybridized carbons (Fsp3) is 0.600. The molecule has 0 aromatic heterocycles. The minimum absolute atomic E-state index is 0.640. The zero-order valence-electron chi connectivity index (χ0n) is 10.9. The van der Waals surface area contributed by atoms with Crippen LogP contribution in [-0.4, -0.2) is 17.0 Å². The van der Waals surface area contributed by atoms with Gasteiger partial charge >= 0.3 is 0 Å². The third kappa shape index (κ3) is 2.15. The molecule has 1 heteroatoms. The van der Waals surface area contributed by atoms with E-state index in [4.69, 9.17) is 0 Å². The van der Waals surface area contributed by atoms with Gasteiger partial charge in [0.05, 0.1) is 0 Å². The normalized spacial score (nSPS) is 21.5. The highest BCUT2D eigenvalue weighted by atomic mass is 15.2. The lowest BCUT2D eigenvalue weighted by molar-refractivity contribution is 0.0973. The molecule has 1 aliphatic rings. The van der Waals surface area contributed by atoms with Gasteiger partial charge in [0, 0.05) is 18.6 Å². The fourth-order valence-electron chi connectivity index (χ4n) is 2.75. The summed E-state index contributed by atoms with van der Waals surface area (Å²) < 4.78 is 0. The van der Waals surface area contributed by atoms with Crippen LogP contribution in [0.5, 0.6) is 0 Å². The first-order chi connectivity index (χ1) is 7.59. The lowest BCUT2D eigenvalue weighted by Crippen LogP contribution is -2.47. The molecule has 0 saturated heterocycles. The largest absolute Gasteiger partial charge is 0.293 e. The molecule has 1 aromatic rings. The standard InChI is InChI=1S/C15H23N/c1-11(2)15-9-13-7-5-6-8-14(13)10-16(15)12(3)4/h5-8,11-12,15H,9-10H2,1-4H3. The van der Waals surface area contributed by atoms with E-state index < -0.39 is 0 Å². The lowest BCUT2D eigenvalue weighted by Gasteiger charge is -2.41. The molecule has 1 heterocycles. The number of hydrogen-bond acceptors (Lipinski definition) is 1. The molecule has 16 heavy (non-hydrogen) atoms. The van der Waals surface area contributed by atoms with Gasteiger partial charge in [-0.25, -0.2) is 0 Å². The summed E-state index contributed by atoms with van der Waals surface area (Å²) in [6.07, 6.45) is 1.21. The maximum absolute atomic E-state index is 2.65. The van der Waals surface area contributed by atoms with E-state index in [0.29, 0.717) is 12.1 Å². The number of benzene rings is 1. The Hall–Kier alpha value is -0.820. The molecule has 0 radical (unpaired) electrons. The van der Waals surface area contributed by atoms with Crippen molar-refractivity contribution in [3.63, 3.8) is 0 Å². The average Bonchev–Trinajstić information content (AvgIpc) is 2.27. The third-order valence-electron chi connectivity index (χ3n) is 3.76. The Morgan fingerprint density at radius 1 is 1.06 bits per heavy atom. The summed E-state index contributed by atoms with van der Waals surface area (Å²) in [5, 5.41) is 0. The van der Waals surface area contributed by atoms with Gasteiger partial charge < -0.3 is 0 Å². The highest BCUT2D eigenvalue weighted by molar-refractivity contribution is 5.30. The molecule has 88 valence electrons. The van der Waals surface area contributed by atoms with E-state index in [9.17, 15) is 0 Å². The molecule has 1 aromatic carbocycles. The second-order valence-corrected chi connectivity index (χ2v) is 5.55. The van der Waals surface area contributed by atoms with Crippen molar-refractivity contribution in [2.75, 3.05) is 0 Å². The molecule has 0 spiro atoms. The molecule has 0 N–H and O–H groups in total. The van der Waals surface area contributed by atoms with Crippen molar-refractivity contribution in [3.05, 3.63) is 35.4 Å². The van der Waals surface area contributed by atoms with Crippen LogP contribution in [-0.2, 0) is 13.0 Å². The summed E-state index contributed by atoms with van der Waals surface area (Å²) in [5.41, 5.74) is 3.08. The van der Waals surface area contributed by atoms with Crippen molar-refractivity contribution < 1.29 is 0 Å². The van der Waals surface area contributed by atoms with Crippen molar-refractivity contribution in [1.82, 2.24) is 4.90 Å². The molecule has 0 bridgehead atoms. The van der Waals surface area contributed by atoms with Crippen LogP contribution in [0.25, 0.3) is 0 Å². The minimum Gasteiger partial charge on any atom is -0.293 e. The molecule has 1 unspecified atom stereocenters. The van der Waals surface area contributed by atoms with Crippen LogP contribution in [0.2, 0.25) is 0 Å². The predicted molar refractivity (Wildman–Crippen MR) is 69.5 cm³/mol. The zero-order chi connectivity index (χ0) is 11.7. The summed E-state index contributed by atoms with van der Waals surface area (Å²) in [4.78, 5) is 2.65. The fourth-order valence-corrected chi connectivity index (χ4v) is 2.75. The van der Waals surface area contributed by atoms with Gasteiger partial charge in [0.1, 0.15) is 0 Å². The summed E-state index contributed by atoms with van der Waals surface area (Å²) in [6, 6.07) is 10.2. The second-order valence-electron chi connectivity index (χ2n) is 5.55. The Bertz CT molecular complexity index is 319. The molecule has 0 fully saturated rings. The van der Waals surface area contributed by atoms with E-state index in [-0.39, 0.29) is 0 Å². The van der Waals surface area contributed by atoms with Crippen LogP contribution >= 0.6 is 0 Å². The molecule has 2 rings (SSSR count). The van der Waals surface area contributed by atoms with Gasteiger partial charge in [-0.1, -0.05) is 38.1 Å². The van der Waals surface area contributed by atoms with Crippen molar-refractivity contribution in [1.29, 1.82) is 0 Å². The number of nitrogens with zero attached hydrogens (tertiary/aromatic N) is 1. The van der Waals surface area contributed by atoms with Crippen LogP contribution in [0, 0.1) is 5.92 Å². The average molecular weight is 217 g/mol. The first kappa shape index (κ1) is 11.7. The van der Waals surface area contributed by atoms with E-state index in [1.807, 2.05) is 0 Å². The second kappa shape index (κ2) is 4.58. The first-order valence-corrected chi connectivity index (χ1v) is 6.42. The molecular weight excluding hydrogens is 194 g/mol. The molecular formula is C15H23N. The Labute approximate surface area is 99.5 Å². The SMILES string of the molecule is CC(C)C1Cc2ccccc2CN1C(C)C. The molecule has 0 amide bonds. The van der Waals surface area contributed by atoms with Crippen molar-refractivity contribution in [2.45, 2.75) is 52.7 Å². The molecule has 1 atom stereocenters. The van der Waals surface area contributed by atoms with Gasteiger partial charge in [-0.3, -0.25) is 4.90 Å². The van der Waals surface area contributed by atoms with E-state index in [1.54, 1.807) is 5.56 Å². The quantitative estimate of drug-likeness (QED) is 0.733. The number of fused-ring (bicyclic) bond motifs is 1. The van der Waals surface area contributed by atoms with E-state index in [1.165, 1.54) is 12.0 Å². The van der Waals surface area contributed by atoms with E-state index in [0.717, 1.165) is 12.5 Å². The Morgan fingerprint density at radius 2 is 1.69 bits per heavy atom. The van der Waals surface area contributed by atoms with Crippen molar-refractivity contribution in [2.24, 2.45) is 5.92 Å². The maximum atomic E-state index is 2.65. The summed E-state index contributed by atoms with van der Waals surface area (Å²) in [6.45, 7) is 10.4. The Kier molecular flexibility index (Phi) is 3.34. The third-order valence-corrected chi connectivity index (χ3v) is 3.76. The topological polar surface area (TPSA) is 3.24 Å². The van der Waals surface area contributed by atoms with Gasteiger partial charge in [-0.15, -0.1) is 0 Å². The van der Waals surface area contributed by atoms with Crippen molar-refractivity contribution >= 4 is 0 Å². The van der Waals surface area contributed by atoms with Gasteiger partial charge in [-0.2, -0.15) is 0 Å². The van der Waals surface area contributed by atoms with E-state index >= 15 is 0 Å². The molecule has 1 aliphatic heterocycles. The monoisotopic (exact) mass is 217 g/mol. The highest BCUT2D eigenvalue weighted by Gasteiger charge is 2.29. The Morgan fingerprint density at radius 3 is 2.25 bits per heavy atom. The van der Waals surface area contributed by atoms with Gasteiger partial charge in [0.15, 0.2) is 0 Å². The number of rotatable bonds is 2. The smallest absolute Gasteiger partial charge is 0.0242 e. The summed E-state index contributed by atoms with van der Waals surface area (Å²) in [7, 11) is 0. The lowest BCUT2D eigenvalue weighted by atomic mass is 9.87. The predicted octanol–water partition coefficient (Wildman–Crippen LogP) is 3.48. The van der Waals surface area contributed by atoms with Crippen LogP contribution < -0.4 is 0 Å². The zero-order valence-corrected chi connectivity index (χ0v) is 10.9. The maximum Gasteiger partial charge on any atom is 0.0242 e.